The van der Waals surface area contributed by atoms with E-state index in [0.717, 1.165) is 69.3 Å². The second-order valence-corrected chi connectivity index (χ2v) is 12.1. The predicted octanol–water partition coefficient (Wildman–Crippen LogP) is 3.69. The molecule has 3 aromatic rings. The number of anilines is 1. The fraction of sp³-hybridized carbons (Fsp3) is 0.531. The first-order chi connectivity index (χ1) is 21.4. The van der Waals surface area contributed by atoms with Crippen LogP contribution in [0.15, 0.2) is 36.8 Å². The fourth-order valence-electron chi connectivity index (χ4n) is 6.24. The molecular weight excluding hydrogens is 563 g/mol. The van der Waals surface area contributed by atoms with E-state index in [1.54, 1.807) is 4.90 Å². The molecule has 0 atom stereocenters. The first-order valence-corrected chi connectivity index (χ1v) is 15.7. The molecule has 5 heterocycles. The van der Waals surface area contributed by atoms with E-state index in [-0.39, 0.29) is 35.2 Å². The van der Waals surface area contributed by atoms with Gasteiger partial charge in [-0.1, -0.05) is 0 Å². The van der Waals surface area contributed by atoms with Crippen molar-refractivity contribution in [2.24, 2.45) is 5.92 Å². The summed E-state index contributed by atoms with van der Waals surface area (Å²) in [5.41, 5.74) is 2.49. The molecule has 0 aliphatic carbocycles. The molecule has 0 saturated carbocycles. The van der Waals surface area contributed by atoms with Gasteiger partial charge in [-0.3, -0.25) is 14.7 Å². The molecule has 1 aromatic carbocycles. The maximum absolute atomic E-state index is 14.3. The Bertz CT molecular complexity index is 1460. The number of carbonyl (C=O) groups is 1. The molecule has 0 radical (unpaired) electrons. The molecule has 3 aliphatic rings. The van der Waals surface area contributed by atoms with Crippen molar-refractivity contribution in [2.75, 3.05) is 50.7 Å². The Kier molecular flexibility index (Phi) is 9.17. The quantitative estimate of drug-likeness (QED) is 0.368. The van der Waals surface area contributed by atoms with E-state index in [2.05, 4.69) is 35.3 Å². The Labute approximate surface area is 257 Å². The molecule has 1 amide bonds. The van der Waals surface area contributed by atoms with Crippen molar-refractivity contribution in [3.63, 3.8) is 0 Å². The molecule has 2 aromatic heterocycles. The number of ether oxygens (including phenoxy) is 2. The number of halogens is 1. The average molecular weight is 605 g/mol. The minimum absolute atomic E-state index is 0.0534. The maximum Gasteiger partial charge on any atom is 0.282 e. The Balaban J connectivity index is 1.13. The van der Waals surface area contributed by atoms with Crippen LogP contribution in [0, 0.1) is 11.7 Å². The van der Waals surface area contributed by atoms with Crippen LogP contribution in [-0.2, 0) is 13.0 Å². The summed E-state index contributed by atoms with van der Waals surface area (Å²) in [6, 6.07) is 5.87. The van der Waals surface area contributed by atoms with Crippen molar-refractivity contribution >= 4 is 11.7 Å². The lowest BCUT2D eigenvalue weighted by Gasteiger charge is -2.37. The minimum atomic E-state index is -0.515. The molecule has 12 heteroatoms. The molecule has 6 rings (SSSR count). The van der Waals surface area contributed by atoms with E-state index < -0.39 is 5.82 Å². The van der Waals surface area contributed by atoms with Gasteiger partial charge in [0.25, 0.3) is 11.8 Å². The van der Waals surface area contributed by atoms with Crippen molar-refractivity contribution in [1.29, 1.82) is 0 Å². The number of piperidine rings is 1. The molecule has 1 N–H and O–H groups in total. The monoisotopic (exact) mass is 604 g/mol. The zero-order chi connectivity index (χ0) is 30.6. The number of carbonyl (C=O) groups excluding carboxylic acids is 1. The van der Waals surface area contributed by atoms with Crippen molar-refractivity contribution in [1.82, 2.24) is 35.3 Å². The summed E-state index contributed by atoms with van der Waals surface area (Å²) in [4.78, 5) is 28.7. The van der Waals surface area contributed by atoms with Crippen LogP contribution in [-0.4, -0.2) is 93.8 Å². The van der Waals surface area contributed by atoms with Gasteiger partial charge < -0.3 is 24.6 Å². The first-order valence-electron chi connectivity index (χ1n) is 15.7. The smallest absolute Gasteiger partial charge is 0.282 e. The minimum Gasteiger partial charge on any atom is -0.490 e. The molecule has 44 heavy (non-hydrogen) atoms. The van der Waals surface area contributed by atoms with Crippen LogP contribution < -0.4 is 19.7 Å². The van der Waals surface area contributed by atoms with Crippen molar-refractivity contribution in [3.05, 3.63) is 59.4 Å². The summed E-state index contributed by atoms with van der Waals surface area (Å²) in [7, 11) is 0. The average Bonchev–Trinajstić information content (AvgIpc) is 3.01. The van der Waals surface area contributed by atoms with Crippen molar-refractivity contribution in [2.45, 2.75) is 58.7 Å². The largest absolute Gasteiger partial charge is 0.490 e. The second kappa shape index (κ2) is 13.4. The van der Waals surface area contributed by atoms with Gasteiger partial charge in [0, 0.05) is 95.1 Å². The van der Waals surface area contributed by atoms with Gasteiger partial charge in [0.1, 0.15) is 29.7 Å². The number of amides is 1. The molecule has 3 aliphatic heterocycles. The number of hydrogen-bond acceptors (Lipinski definition) is 10. The van der Waals surface area contributed by atoms with Crippen LogP contribution in [0.3, 0.4) is 0 Å². The summed E-state index contributed by atoms with van der Waals surface area (Å²) in [5.74, 6) is 1.75. The Morgan fingerprint density at radius 2 is 1.95 bits per heavy atom. The molecule has 0 bridgehead atoms. The summed E-state index contributed by atoms with van der Waals surface area (Å²) in [6.07, 6.45) is 5.83. The molecule has 11 nitrogen and oxygen atoms in total. The highest BCUT2D eigenvalue weighted by atomic mass is 19.1. The van der Waals surface area contributed by atoms with Gasteiger partial charge >= 0.3 is 0 Å². The second-order valence-electron chi connectivity index (χ2n) is 12.1. The zero-order valence-electron chi connectivity index (χ0n) is 25.7. The number of benzene rings is 1. The van der Waals surface area contributed by atoms with Gasteiger partial charge in [0.2, 0.25) is 0 Å². The number of nitrogens with one attached hydrogen (secondary N) is 1. The van der Waals surface area contributed by atoms with Gasteiger partial charge in [-0.2, -0.15) is 0 Å². The van der Waals surface area contributed by atoms with Crippen LogP contribution in [0.25, 0.3) is 0 Å². The molecule has 0 unspecified atom stereocenters. The molecule has 2 fully saturated rings. The molecule has 234 valence electrons. The third kappa shape index (κ3) is 6.61. The number of nitrogens with zero attached hydrogens (tertiary/aromatic N) is 7. The third-order valence-electron chi connectivity index (χ3n) is 8.74. The highest BCUT2D eigenvalue weighted by molar-refractivity contribution is 5.97. The Morgan fingerprint density at radius 3 is 2.68 bits per heavy atom. The topological polar surface area (TPSA) is 109 Å². The number of aromatic nitrogens is 4. The van der Waals surface area contributed by atoms with E-state index in [1.807, 2.05) is 33.0 Å². The SMILES string of the molecule is CCN(C(=O)c1cc(F)ccc1Oc1nncnc1N1CCC(Oc2ccnc3c2CN(CC2CNC2)CC3)CC1)C(C)C. The van der Waals surface area contributed by atoms with E-state index in [4.69, 9.17) is 9.47 Å². The summed E-state index contributed by atoms with van der Waals surface area (Å²) in [5, 5.41) is 11.5. The number of fused-ring (bicyclic) bond motifs is 1. The lowest BCUT2D eigenvalue weighted by Crippen LogP contribution is -2.49. The van der Waals surface area contributed by atoms with E-state index in [1.165, 1.54) is 30.1 Å². The molecular formula is C32H41FN8O3. The van der Waals surface area contributed by atoms with E-state index in [0.29, 0.717) is 25.5 Å². The number of rotatable bonds is 10. The zero-order valence-corrected chi connectivity index (χ0v) is 25.7. The van der Waals surface area contributed by atoms with Crippen molar-refractivity contribution in [3.8, 4) is 17.4 Å². The fourth-order valence-corrected chi connectivity index (χ4v) is 6.24. The first kappa shape index (κ1) is 30.1. The van der Waals surface area contributed by atoms with Crippen LogP contribution in [0.2, 0.25) is 0 Å². The molecule has 2 saturated heterocycles. The van der Waals surface area contributed by atoms with E-state index in [9.17, 15) is 9.18 Å². The van der Waals surface area contributed by atoms with Crippen LogP contribution in [0.5, 0.6) is 17.4 Å². The summed E-state index contributed by atoms with van der Waals surface area (Å²) in [6.45, 7) is 12.8. The van der Waals surface area contributed by atoms with Gasteiger partial charge in [0.05, 0.1) is 5.56 Å². The number of pyridine rings is 1. The van der Waals surface area contributed by atoms with Crippen LogP contribution >= 0.6 is 0 Å². The maximum atomic E-state index is 14.3. The summed E-state index contributed by atoms with van der Waals surface area (Å²) < 4.78 is 27.0. The highest BCUT2D eigenvalue weighted by Gasteiger charge is 2.29. The normalized spacial score (nSPS) is 17.7. The summed E-state index contributed by atoms with van der Waals surface area (Å²) >= 11 is 0. The van der Waals surface area contributed by atoms with Crippen molar-refractivity contribution < 1.29 is 18.7 Å². The van der Waals surface area contributed by atoms with E-state index >= 15 is 0 Å². The van der Waals surface area contributed by atoms with Gasteiger partial charge in [-0.05, 0) is 51.0 Å². The Morgan fingerprint density at radius 1 is 1.14 bits per heavy atom. The number of hydrogen-bond donors (Lipinski definition) is 1. The standard InChI is InChI=1S/C32H41FN8O3/c1-4-41(21(2)3)32(42)25-15-23(33)5-6-28(25)44-31-30(36-20-37-38-31)40-13-8-24(9-14-40)43-29-7-11-35-27-10-12-39(19-26(27)29)18-22-16-34-17-22/h5-7,11,15,20-22,24,34H,4,8-10,12-14,16-19H2,1-3H3. The lowest BCUT2D eigenvalue weighted by atomic mass is 9.99. The van der Waals surface area contributed by atoms with Crippen LogP contribution in [0.1, 0.15) is 55.2 Å². The third-order valence-corrected chi connectivity index (χ3v) is 8.74. The van der Waals surface area contributed by atoms with Gasteiger partial charge in [-0.25, -0.2) is 9.37 Å². The Hall–Kier alpha value is -3.90. The van der Waals surface area contributed by atoms with Crippen LogP contribution in [0.4, 0.5) is 10.2 Å². The molecule has 0 spiro atoms. The van der Waals surface area contributed by atoms with Gasteiger partial charge in [-0.15, -0.1) is 10.2 Å². The van der Waals surface area contributed by atoms with Gasteiger partial charge in [0.15, 0.2) is 5.82 Å². The lowest BCUT2D eigenvalue weighted by molar-refractivity contribution is 0.0713. The highest BCUT2D eigenvalue weighted by Crippen LogP contribution is 2.34. The predicted molar refractivity (Wildman–Crippen MR) is 164 cm³/mol.